The highest BCUT2D eigenvalue weighted by Gasteiger charge is 2.59. The predicted molar refractivity (Wildman–Crippen MR) is 242 cm³/mol. The lowest BCUT2D eigenvalue weighted by Gasteiger charge is -2.55. The first-order valence-corrected chi connectivity index (χ1v) is 23.8. The number of para-hydroxylation sites is 1. The van der Waals surface area contributed by atoms with Gasteiger partial charge in [0.2, 0.25) is 0 Å². The first-order valence-electron chi connectivity index (χ1n) is 23.8. The third kappa shape index (κ3) is 11.2. The van der Waals surface area contributed by atoms with Gasteiger partial charge in [-0.1, -0.05) is 39.0 Å². The number of cyclic esters (lactones) is 1. The molecular weight excluding hydrogens is 841 g/mol. The van der Waals surface area contributed by atoms with Gasteiger partial charge in [-0.2, -0.15) is 4.99 Å². The molecule has 17 heteroatoms. The Morgan fingerprint density at radius 3 is 2.26 bits per heavy atom. The number of rotatable bonds is 9. The number of aliphatic imine (C=N–C) groups is 1. The number of carbonyl (C=O) groups excluding carboxylic acids is 1. The summed E-state index contributed by atoms with van der Waals surface area (Å²) in [5.41, 5.74) is -5.27. The molecule has 5 fully saturated rings. The first-order chi connectivity index (χ1) is 30.5. The molecule has 0 bridgehead atoms. The maximum atomic E-state index is 14.6. The van der Waals surface area contributed by atoms with Crippen LogP contribution in [0.4, 0.5) is 5.69 Å². The molecule has 0 aliphatic carbocycles. The topological polar surface area (TPSA) is 203 Å². The monoisotopic (exact) mass is 921 g/mol. The summed E-state index contributed by atoms with van der Waals surface area (Å²) in [6.07, 6.45) is -6.93. The largest absolute Gasteiger partial charge is 0.459 e. The van der Waals surface area contributed by atoms with E-state index in [-0.39, 0.29) is 43.9 Å². The molecule has 5 aliphatic heterocycles. The van der Waals surface area contributed by atoms with E-state index in [0.717, 1.165) is 5.69 Å². The summed E-state index contributed by atoms with van der Waals surface area (Å²) >= 11 is 0. The molecule has 1 aromatic carbocycles. The van der Waals surface area contributed by atoms with E-state index in [1.807, 2.05) is 70.0 Å². The van der Waals surface area contributed by atoms with Crippen LogP contribution in [0.3, 0.4) is 0 Å². The Bertz CT molecular complexity index is 1740. The van der Waals surface area contributed by atoms with Gasteiger partial charge in [-0.15, -0.1) is 0 Å². The Hall–Kier alpha value is -2.52. The molecule has 5 saturated heterocycles. The van der Waals surface area contributed by atoms with Crippen molar-refractivity contribution in [1.82, 2.24) is 15.1 Å². The van der Waals surface area contributed by atoms with E-state index >= 15 is 0 Å². The summed E-state index contributed by atoms with van der Waals surface area (Å²) < 4.78 is 51.7. The predicted octanol–water partition coefficient (Wildman–Crippen LogP) is 3.36. The quantitative estimate of drug-likeness (QED) is 0.226. The van der Waals surface area contributed by atoms with Crippen molar-refractivity contribution in [2.24, 2.45) is 22.7 Å². The van der Waals surface area contributed by atoms with Gasteiger partial charge in [0.05, 0.1) is 60.9 Å². The number of carbonyl (C=O) groups is 1. The molecule has 18 atom stereocenters. The average molecular weight is 921 g/mol. The number of ether oxygens (including phenoxy) is 8. The molecule has 0 radical (unpaired) electrons. The lowest BCUT2D eigenvalue weighted by Crippen LogP contribution is -2.70. The van der Waals surface area contributed by atoms with Gasteiger partial charge < -0.3 is 68.5 Å². The van der Waals surface area contributed by atoms with E-state index in [2.05, 4.69) is 10.2 Å². The summed E-state index contributed by atoms with van der Waals surface area (Å²) in [5, 5.41) is 52.0. The van der Waals surface area contributed by atoms with Crippen LogP contribution in [0.2, 0.25) is 0 Å². The Morgan fingerprint density at radius 1 is 0.938 bits per heavy atom. The highest BCUT2D eigenvalue weighted by Crippen LogP contribution is 2.44. The number of esters is 1. The van der Waals surface area contributed by atoms with Crippen LogP contribution in [-0.2, 0) is 42.7 Å². The second-order valence-electron chi connectivity index (χ2n) is 20.4. The number of hydrogen-bond acceptors (Lipinski definition) is 16. The molecule has 6 rings (SSSR count). The summed E-state index contributed by atoms with van der Waals surface area (Å²) in [7, 11) is 3.50. The number of β-amino-alcohol motifs (C(OH)–C–C–N with tert-alkyl or cyclic N) is 1. The Kier molecular flexibility index (Phi) is 16.8. The Balaban J connectivity index is 1.38. The Morgan fingerprint density at radius 2 is 1.62 bits per heavy atom. The summed E-state index contributed by atoms with van der Waals surface area (Å²) in [6.45, 7) is 21.0. The van der Waals surface area contributed by atoms with Gasteiger partial charge in [0.15, 0.2) is 18.7 Å². The van der Waals surface area contributed by atoms with Gasteiger partial charge in [0.1, 0.15) is 29.0 Å². The molecule has 1 aromatic rings. The van der Waals surface area contributed by atoms with Crippen LogP contribution in [-0.4, -0.2) is 186 Å². The summed E-state index contributed by atoms with van der Waals surface area (Å²) in [6, 6.07) is 9.22. The number of nitrogens with zero attached hydrogens (tertiary/aromatic N) is 3. The molecule has 0 amide bonds. The number of benzene rings is 1. The molecule has 0 saturated carbocycles. The van der Waals surface area contributed by atoms with Crippen LogP contribution in [0, 0.1) is 17.8 Å². The van der Waals surface area contributed by atoms with Crippen molar-refractivity contribution in [3.05, 3.63) is 30.3 Å². The molecule has 17 nitrogen and oxygen atoms in total. The normalized spacial score (nSPS) is 45.9. The van der Waals surface area contributed by atoms with Crippen LogP contribution in [0.15, 0.2) is 35.3 Å². The third-order valence-corrected chi connectivity index (χ3v) is 15.1. The smallest absolute Gasteiger partial charge is 0.311 e. The van der Waals surface area contributed by atoms with E-state index in [0.29, 0.717) is 45.3 Å². The number of aliphatic hydroxyl groups excluding tert-OH is 1. The van der Waals surface area contributed by atoms with Crippen molar-refractivity contribution in [2.45, 2.75) is 185 Å². The summed E-state index contributed by atoms with van der Waals surface area (Å²) in [4.78, 5) is 23.5. The SMILES string of the molecule is CC[C@H]1OC(=O)[C@H](C)[C@@H](O[C@H]2C[C@@](C)(OC)[C@](O)(CN3CCOCC3)[C@H](C)O2)[C@H](C)[C@@H](O[C@@H]2O[C@H](C)C[C@H]3[C@H]2OC(=Nc2ccccc2)N3C)[C@](C)(O)C[C@@H](C)CN[C@H](C)[C@@H](O)[C@]1(C)O. The number of morpholine rings is 1. The van der Waals surface area contributed by atoms with Crippen molar-refractivity contribution in [3.8, 4) is 0 Å². The minimum absolute atomic E-state index is 0.0946. The molecule has 5 aliphatic rings. The minimum atomic E-state index is -1.82. The number of methoxy groups -OCH3 is 1. The zero-order valence-corrected chi connectivity index (χ0v) is 40.8. The van der Waals surface area contributed by atoms with Crippen LogP contribution < -0.4 is 5.32 Å². The zero-order valence-electron chi connectivity index (χ0n) is 40.8. The van der Waals surface area contributed by atoms with E-state index in [9.17, 15) is 25.2 Å². The molecule has 370 valence electrons. The molecule has 0 aromatic heterocycles. The van der Waals surface area contributed by atoms with Crippen molar-refractivity contribution >= 4 is 17.7 Å². The van der Waals surface area contributed by atoms with Crippen molar-refractivity contribution in [2.75, 3.05) is 53.6 Å². The molecule has 0 spiro atoms. The van der Waals surface area contributed by atoms with Gasteiger partial charge in [-0.25, -0.2) is 0 Å². The van der Waals surface area contributed by atoms with Gasteiger partial charge in [0.25, 0.3) is 6.02 Å². The average Bonchev–Trinajstić information content (AvgIpc) is 3.57. The fourth-order valence-corrected chi connectivity index (χ4v) is 10.9. The van der Waals surface area contributed by atoms with Gasteiger partial charge in [-0.3, -0.25) is 9.69 Å². The molecular formula is C48H80N4O13. The zero-order chi connectivity index (χ0) is 47.6. The standard InChI is InChI=1S/C48H80N4O13/c1-13-36-47(10,56)40(53)32(6)49-26-28(2)24-45(8,55)41(65-43-39-35(23-29(3)60-43)51(11)44(64-39)50-34-17-15-14-16-18-34)30(4)38(31(5)42(54)62-36)63-37-25-46(9,58-12)48(57,33(7)61-37)27-52-19-21-59-22-20-52/h14-18,28-33,35-41,43,49,53,55-57H,13,19-27H2,1-12H3/t28-,29-,30+,31-,32-,33+,35+,36-,37+,38+,39-,40-,41-,43+,45-,46-,47-,48+/m1/s1. The van der Waals surface area contributed by atoms with Crippen molar-refractivity contribution in [1.29, 1.82) is 0 Å². The fourth-order valence-electron chi connectivity index (χ4n) is 10.9. The number of fused-ring (bicyclic) bond motifs is 1. The van der Waals surface area contributed by atoms with E-state index in [4.69, 9.17) is 42.9 Å². The van der Waals surface area contributed by atoms with E-state index in [1.54, 1.807) is 41.7 Å². The van der Waals surface area contributed by atoms with Crippen LogP contribution in [0.5, 0.6) is 0 Å². The molecule has 0 unspecified atom stereocenters. The van der Waals surface area contributed by atoms with Gasteiger partial charge >= 0.3 is 5.97 Å². The second-order valence-corrected chi connectivity index (χ2v) is 20.4. The highest BCUT2D eigenvalue weighted by atomic mass is 16.7. The maximum Gasteiger partial charge on any atom is 0.311 e. The van der Waals surface area contributed by atoms with Gasteiger partial charge in [0, 0.05) is 52.2 Å². The second kappa shape index (κ2) is 21.0. The van der Waals surface area contributed by atoms with Gasteiger partial charge in [-0.05, 0) is 92.3 Å². The maximum absolute atomic E-state index is 14.6. The number of amidine groups is 1. The Labute approximate surface area is 386 Å². The van der Waals surface area contributed by atoms with Crippen LogP contribution in [0.25, 0.3) is 0 Å². The van der Waals surface area contributed by atoms with E-state index < -0.39 is 95.5 Å². The number of likely N-dealkylation sites (N-methyl/N-ethyl adjacent to an activating group) is 1. The van der Waals surface area contributed by atoms with Crippen molar-refractivity contribution < 1.29 is 63.1 Å². The van der Waals surface area contributed by atoms with E-state index in [1.165, 1.54) is 6.92 Å². The lowest BCUT2D eigenvalue weighted by atomic mass is 9.74. The third-order valence-electron chi connectivity index (χ3n) is 15.1. The molecule has 5 N–H and O–H groups in total. The van der Waals surface area contributed by atoms with Crippen molar-refractivity contribution in [3.63, 3.8) is 0 Å². The fraction of sp³-hybridized carbons (Fsp3) is 0.833. The number of nitrogens with one attached hydrogen (secondary N) is 1. The van der Waals surface area contributed by atoms with Crippen LogP contribution >= 0.6 is 0 Å². The number of hydrogen-bond donors (Lipinski definition) is 5. The molecule has 65 heavy (non-hydrogen) atoms. The number of aliphatic hydroxyl groups is 4. The summed E-state index contributed by atoms with van der Waals surface area (Å²) in [5.74, 6) is -2.65. The molecule has 5 heterocycles. The van der Waals surface area contributed by atoms with Crippen LogP contribution in [0.1, 0.15) is 94.9 Å². The lowest BCUT2D eigenvalue weighted by molar-refractivity contribution is -0.338. The highest BCUT2D eigenvalue weighted by molar-refractivity contribution is 5.79. The first kappa shape index (κ1) is 51.9. The minimum Gasteiger partial charge on any atom is -0.459 e.